The zero-order chi connectivity index (χ0) is 41.0. The van der Waals surface area contributed by atoms with E-state index in [1.54, 1.807) is 6.92 Å². The number of carbonyl (C=O) groups excluding carboxylic acids is 5. The van der Waals surface area contributed by atoms with Crippen molar-refractivity contribution < 1.29 is 28.7 Å². The molecule has 4 rings (SSSR count). The molecule has 300 valence electrons. The van der Waals surface area contributed by atoms with Gasteiger partial charge in [-0.25, -0.2) is 4.79 Å². The van der Waals surface area contributed by atoms with Gasteiger partial charge in [0.05, 0.1) is 6.61 Å². The minimum absolute atomic E-state index is 0.0281. The molecule has 0 aliphatic rings. The van der Waals surface area contributed by atoms with Crippen LogP contribution in [0.25, 0.3) is 0 Å². The van der Waals surface area contributed by atoms with Gasteiger partial charge in [-0.3, -0.25) is 19.2 Å². The third-order valence-electron chi connectivity index (χ3n) is 9.22. The molecule has 0 spiro atoms. The Balaban J connectivity index is 1.62. The van der Waals surface area contributed by atoms with Gasteiger partial charge in [0, 0.05) is 25.0 Å². The summed E-state index contributed by atoms with van der Waals surface area (Å²) in [5.41, 5.74) is 2.36. The molecule has 0 aliphatic heterocycles. The molecule has 4 aromatic rings. The highest BCUT2D eigenvalue weighted by molar-refractivity contribution is 8.13. The summed E-state index contributed by atoms with van der Waals surface area (Å²) in [5, 5.41) is 11.7. The summed E-state index contributed by atoms with van der Waals surface area (Å²) in [6.07, 6.45) is 3.37. The second-order valence-electron chi connectivity index (χ2n) is 14.0. The number of carbonyl (C=O) groups is 5. The number of ether oxygens (including phenoxy) is 1. The summed E-state index contributed by atoms with van der Waals surface area (Å²) in [5.74, 6) is -1.25. The quantitative estimate of drug-likeness (QED) is 0.0426. The van der Waals surface area contributed by atoms with E-state index in [1.807, 2.05) is 142 Å². The molecular weight excluding hydrogens is 737 g/mol. The van der Waals surface area contributed by atoms with Gasteiger partial charge in [-0.05, 0) is 53.7 Å². The van der Waals surface area contributed by atoms with Crippen molar-refractivity contribution in [2.75, 3.05) is 12.4 Å². The summed E-state index contributed by atoms with van der Waals surface area (Å²) in [6, 6.07) is 35.8. The minimum atomic E-state index is -1.04. The van der Waals surface area contributed by atoms with Crippen LogP contribution in [0, 0.1) is 5.92 Å². The Kier molecular flexibility index (Phi) is 17.6. The van der Waals surface area contributed by atoms with E-state index in [0.29, 0.717) is 12.2 Å². The number of esters is 1. The maximum atomic E-state index is 14.2. The van der Waals surface area contributed by atoms with Gasteiger partial charge in [-0.1, -0.05) is 160 Å². The molecule has 0 unspecified atom stereocenters. The summed E-state index contributed by atoms with van der Waals surface area (Å²) < 4.78 is 5.11. The zero-order valence-corrected chi connectivity index (χ0v) is 33.9. The fraction of sp³-hybridized carbons (Fsp3) is 0.326. The van der Waals surface area contributed by atoms with Gasteiger partial charge in [-0.15, -0.1) is 0 Å². The predicted molar refractivity (Wildman–Crippen MR) is 226 cm³/mol. The normalized spacial score (nSPS) is 12.9. The summed E-state index contributed by atoms with van der Waals surface area (Å²) in [7, 11) is 0. The van der Waals surface area contributed by atoms with E-state index in [4.69, 9.17) is 4.74 Å². The predicted octanol–water partition coefficient (Wildman–Crippen LogP) is 7.08. The van der Waals surface area contributed by atoms with E-state index in [-0.39, 0.29) is 42.9 Å². The molecule has 0 fully saturated rings. The Morgan fingerprint density at radius 3 is 1.68 bits per heavy atom. The molecule has 0 radical (unpaired) electrons. The molecule has 3 atom stereocenters. The van der Waals surface area contributed by atoms with Gasteiger partial charge in [0.2, 0.25) is 17.7 Å². The Morgan fingerprint density at radius 2 is 1.19 bits per heavy atom. The van der Waals surface area contributed by atoms with Gasteiger partial charge in [0.15, 0.2) is 0 Å². The SMILES string of the molecule is CCOC(=O)/C=C/[C@H](CCC(=O)NC(c1ccccc1)(c1ccccc1)c1ccccc1)NC(=O)[C@H](Cc1ccccc1)NC(=O)[C@H](CC(C)C)NC(=O)SCC. The van der Waals surface area contributed by atoms with Gasteiger partial charge in [0.1, 0.15) is 17.6 Å². The first-order valence-electron chi connectivity index (χ1n) is 19.5. The first-order chi connectivity index (χ1) is 27.5. The fourth-order valence-electron chi connectivity index (χ4n) is 6.57. The number of rotatable bonds is 20. The molecule has 0 heterocycles. The van der Waals surface area contributed by atoms with Crippen molar-refractivity contribution >= 4 is 40.7 Å². The van der Waals surface area contributed by atoms with Crippen LogP contribution < -0.4 is 21.3 Å². The Labute approximate surface area is 340 Å². The van der Waals surface area contributed by atoms with Crippen molar-refractivity contribution in [2.45, 2.75) is 77.0 Å². The average molecular weight is 791 g/mol. The standard InChI is InChI=1S/C46H54N4O6S/c1-5-56-42(52)30-28-38(47-43(53)40(32-34-19-11-7-12-20-34)48-44(54)39(31-33(3)4)49-45(55)57-6-2)27-29-41(51)50-46(35-21-13-8-14-22-35,36-23-15-9-16-24-36)37-25-17-10-18-26-37/h7-26,28,30,33,38-40H,5-6,27,29,31-32H2,1-4H3,(H,47,53)(H,48,54)(H,49,55)(H,50,51)/b30-28+/t38-,39-,40-/m0/s1. The molecular formula is C46H54N4O6S. The molecule has 10 nitrogen and oxygen atoms in total. The molecule has 0 saturated carbocycles. The summed E-state index contributed by atoms with van der Waals surface area (Å²) >= 11 is 1.07. The first kappa shape index (κ1) is 44.0. The number of thioether (sulfide) groups is 1. The van der Waals surface area contributed by atoms with E-state index >= 15 is 0 Å². The Hall–Kier alpha value is -5.68. The molecule has 0 saturated heterocycles. The van der Waals surface area contributed by atoms with Gasteiger partial charge < -0.3 is 26.0 Å². The van der Waals surface area contributed by atoms with Crippen LogP contribution >= 0.6 is 11.8 Å². The van der Waals surface area contributed by atoms with Crippen LogP contribution in [0.15, 0.2) is 133 Å². The molecule has 0 aliphatic carbocycles. The number of hydrogen-bond acceptors (Lipinski definition) is 7. The van der Waals surface area contributed by atoms with Crippen LogP contribution in [-0.4, -0.2) is 59.4 Å². The van der Waals surface area contributed by atoms with Crippen molar-refractivity contribution in [1.29, 1.82) is 0 Å². The fourth-order valence-corrected chi connectivity index (χ4v) is 7.06. The smallest absolute Gasteiger partial charge is 0.330 e. The van der Waals surface area contributed by atoms with E-state index in [2.05, 4.69) is 21.3 Å². The maximum absolute atomic E-state index is 14.2. The molecule has 0 aromatic heterocycles. The highest BCUT2D eigenvalue weighted by atomic mass is 32.2. The summed E-state index contributed by atoms with van der Waals surface area (Å²) in [4.78, 5) is 67.1. The summed E-state index contributed by atoms with van der Waals surface area (Å²) in [6.45, 7) is 7.62. The second kappa shape index (κ2) is 22.8. The Morgan fingerprint density at radius 1 is 0.684 bits per heavy atom. The van der Waals surface area contributed by atoms with Crippen molar-refractivity contribution in [1.82, 2.24) is 21.3 Å². The van der Waals surface area contributed by atoms with Crippen LogP contribution in [-0.2, 0) is 35.9 Å². The topological polar surface area (TPSA) is 143 Å². The molecule has 57 heavy (non-hydrogen) atoms. The van der Waals surface area contributed by atoms with Gasteiger partial charge in [0.25, 0.3) is 5.24 Å². The lowest BCUT2D eigenvalue weighted by molar-refractivity contribution is -0.137. The van der Waals surface area contributed by atoms with Crippen molar-refractivity contribution in [3.63, 3.8) is 0 Å². The molecule has 11 heteroatoms. The van der Waals surface area contributed by atoms with Crippen molar-refractivity contribution in [3.8, 4) is 0 Å². The largest absolute Gasteiger partial charge is 0.463 e. The monoisotopic (exact) mass is 790 g/mol. The zero-order valence-electron chi connectivity index (χ0n) is 33.1. The molecule has 4 N–H and O–H groups in total. The molecule has 4 aromatic carbocycles. The van der Waals surface area contributed by atoms with Crippen LogP contribution in [0.1, 0.15) is 69.2 Å². The lowest BCUT2D eigenvalue weighted by Gasteiger charge is -2.37. The van der Waals surface area contributed by atoms with E-state index < -0.39 is 41.4 Å². The van der Waals surface area contributed by atoms with Gasteiger partial charge >= 0.3 is 5.97 Å². The van der Waals surface area contributed by atoms with E-state index in [1.165, 1.54) is 12.2 Å². The minimum Gasteiger partial charge on any atom is -0.463 e. The van der Waals surface area contributed by atoms with Gasteiger partial charge in [-0.2, -0.15) is 0 Å². The lowest BCUT2D eigenvalue weighted by Crippen LogP contribution is -2.55. The molecule has 4 amide bonds. The van der Waals surface area contributed by atoms with E-state index in [0.717, 1.165) is 34.0 Å². The average Bonchev–Trinajstić information content (AvgIpc) is 3.21. The van der Waals surface area contributed by atoms with Crippen LogP contribution in [0.2, 0.25) is 0 Å². The van der Waals surface area contributed by atoms with E-state index in [9.17, 15) is 24.0 Å². The number of hydrogen-bond donors (Lipinski definition) is 4. The number of amides is 4. The maximum Gasteiger partial charge on any atom is 0.330 e. The van der Waals surface area contributed by atoms with Crippen molar-refractivity contribution in [3.05, 3.63) is 156 Å². The Bertz CT molecular complexity index is 1810. The second-order valence-corrected chi connectivity index (χ2v) is 15.2. The third kappa shape index (κ3) is 13.5. The van der Waals surface area contributed by atoms with Crippen LogP contribution in [0.3, 0.4) is 0 Å². The number of nitrogens with one attached hydrogen (secondary N) is 4. The van der Waals surface area contributed by atoms with Crippen LogP contribution in [0.4, 0.5) is 4.79 Å². The van der Waals surface area contributed by atoms with Crippen LogP contribution in [0.5, 0.6) is 0 Å². The third-order valence-corrected chi connectivity index (χ3v) is 9.88. The highest BCUT2D eigenvalue weighted by Gasteiger charge is 2.38. The number of benzene rings is 4. The van der Waals surface area contributed by atoms with Crippen molar-refractivity contribution in [2.24, 2.45) is 5.92 Å². The first-order valence-corrected chi connectivity index (χ1v) is 20.4. The molecule has 0 bridgehead atoms. The highest BCUT2D eigenvalue weighted by Crippen LogP contribution is 2.37. The lowest BCUT2D eigenvalue weighted by atomic mass is 9.77.